The quantitative estimate of drug-likeness (QED) is 0.437. The Morgan fingerprint density at radius 2 is 1.90 bits per heavy atom. The minimum atomic E-state index is 0.0811. The minimum Gasteiger partial charge on any atom is -0.497 e. The van der Waals surface area contributed by atoms with E-state index in [-0.39, 0.29) is 11.9 Å². The summed E-state index contributed by atoms with van der Waals surface area (Å²) >= 11 is 6.21. The number of hydrogen-bond acceptors (Lipinski definition) is 4. The molecule has 1 aromatic heterocycles. The Bertz CT molecular complexity index is 1050. The number of fused-ring (bicyclic) bond motifs is 1. The summed E-state index contributed by atoms with van der Waals surface area (Å²) in [7, 11) is 1.65. The highest BCUT2D eigenvalue weighted by molar-refractivity contribution is 6.32. The van der Waals surface area contributed by atoms with Crippen LogP contribution >= 0.6 is 11.6 Å². The lowest BCUT2D eigenvalue weighted by atomic mass is 10.1. The van der Waals surface area contributed by atoms with Crippen LogP contribution < -0.4 is 9.47 Å². The maximum absolute atomic E-state index is 12.1. The number of halogens is 1. The molecule has 5 nitrogen and oxygen atoms in total. The zero-order valence-electron chi connectivity index (χ0n) is 18.1. The number of aromatic nitrogens is 1. The number of ether oxygens (including phenoxy) is 2. The van der Waals surface area contributed by atoms with Crippen molar-refractivity contribution in [1.82, 2.24) is 9.47 Å². The van der Waals surface area contributed by atoms with Crippen LogP contribution in [0.4, 0.5) is 0 Å². The summed E-state index contributed by atoms with van der Waals surface area (Å²) in [6.45, 7) is 5.58. The maximum atomic E-state index is 12.1. The van der Waals surface area contributed by atoms with Crippen molar-refractivity contribution in [2.75, 3.05) is 26.7 Å². The van der Waals surface area contributed by atoms with Crippen LogP contribution in [0.5, 0.6) is 11.5 Å². The summed E-state index contributed by atoms with van der Waals surface area (Å²) in [4.78, 5) is 14.6. The maximum Gasteiger partial charge on any atom is 0.161 e. The van der Waals surface area contributed by atoms with Crippen molar-refractivity contribution in [1.29, 1.82) is 0 Å². The number of benzene rings is 2. The van der Waals surface area contributed by atoms with Crippen LogP contribution in [0.1, 0.15) is 36.5 Å². The first-order valence-corrected chi connectivity index (χ1v) is 11.2. The first kappa shape index (κ1) is 21.7. The van der Waals surface area contributed by atoms with E-state index in [1.165, 1.54) is 0 Å². The molecular formula is C25H29ClN2O3. The summed E-state index contributed by atoms with van der Waals surface area (Å²) in [5.41, 5.74) is 1.84. The minimum absolute atomic E-state index is 0.0811. The smallest absolute Gasteiger partial charge is 0.161 e. The van der Waals surface area contributed by atoms with E-state index in [4.69, 9.17) is 21.1 Å². The van der Waals surface area contributed by atoms with E-state index < -0.39 is 0 Å². The highest BCUT2D eigenvalue weighted by Gasteiger charge is 2.21. The number of aryl methyl sites for hydroxylation is 1. The number of piperidine rings is 1. The summed E-state index contributed by atoms with van der Waals surface area (Å²) in [5, 5.41) is 1.64. The fraction of sp³-hybridized carbons (Fsp3) is 0.400. The Balaban J connectivity index is 1.31. The van der Waals surface area contributed by atoms with Crippen molar-refractivity contribution in [3.63, 3.8) is 0 Å². The molecule has 0 radical (unpaired) electrons. The van der Waals surface area contributed by atoms with Gasteiger partial charge in [-0.15, -0.1) is 0 Å². The van der Waals surface area contributed by atoms with E-state index >= 15 is 0 Å². The van der Waals surface area contributed by atoms with Gasteiger partial charge in [-0.1, -0.05) is 23.7 Å². The SMILES string of the molecule is COc1ccc2c(c1)c(C(C)=O)cn2CCCN1CCC(Oc2ccccc2Cl)CC1. The summed E-state index contributed by atoms with van der Waals surface area (Å²) in [5.74, 6) is 1.63. The molecule has 0 bridgehead atoms. The van der Waals surface area contributed by atoms with Gasteiger partial charge in [0, 0.05) is 42.3 Å². The molecule has 0 aliphatic carbocycles. The molecule has 1 fully saturated rings. The molecule has 1 aliphatic heterocycles. The highest BCUT2D eigenvalue weighted by atomic mass is 35.5. The van der Waals surface area contributed by atoms with Crippen LogP contribution in [-0.2, 0) is 6.54 Å². The number of carbonyl (C=O) groups excluding carboxylic acids is 1. The lowest BCUT2D eigenvalue weighted by molar-refractivity contribution is 0.0994. The molecular weight excluding hydrogens is 412 g/mol. The Hall–Kier alpha value is -2.50. The second-order valence-electron chi connectivity index (χ2n) is 8.12. The van der Waals surface area contributed by atoms with Gasteiger partial charge in [0.25, 0.3) is 0 Å². The van der Waals surface area contributed by atoms with Crippen molar-refractivity contribution >= 4 is 28.3 Å². The van der Waals surface area contributed by atoms with Crippen LogP contribution in [0.25, 0.3) is 10.9 Å². The van der Waals surface area contributed by atoms with E-state index in [1.807, 2.05) is 48.7 Å². The number of Topliss-reactive ketones (excluding diaryl/α,β-unsaturated/α-hetero) is 1. The van der Waals surface area contributed by atoms with Crippen LogP contribution in [0.3, 0.4) is 0 Å². The van der Waals surface area contributed by atoms with Crippen molar-refractivity contribution in [2.45, 2.75) is 38.8 Å². The number of ketones is 1. The zero-order valence-corrected chi connectivity index (χ0v) is 18.9. The average Bonchev–Trinajstić information content (AvgIpc) is 3.14. The van der Waals surface area contributed by atoms with Crippen molar-refractivity contribution in [2.24, 2.45) is 0 Å². The molecule has 6 heteroatoms. The zero-order chi connectivity index (χ0) is 21.8. The molecule has 2 heterocycles. The molecule has 0 spiro atoms. The molecule has 0 unspecified atom stereocenters. The van der Waals surface area contributed by atoms with Gasteiger partial charge in [0.05, 0.1) is 12.1 Å². The topological polar surface area (TPSA) is 43.7 Å². The summed E-state index contributed by atoms with van der Waals surface area (Å²) in [6, 6.07) is 13.6. The van der Waals surface area contributed by atoms with E-state index in [0.29, 0.717) is 5.02 Å². The standard InChI is InChI=1S/C25H29ClN2O3/c1-18(29)22-17-28(24-9-8-20(30-2)16-21(22)24)13-5-12-27-14-10-19(11-15-27)31-25-7-4-3-6-23(25)26/h3-4,6-9,16-17,19H,5,10-15H2,1-2H3. The van der Waals surface area contributed by atoms with Gasteiger partial charge in [0.2, 0.25) is 0 Å². The molecule has 0 atom stereocenters. The summed E-state index contributed by atoms with van der Waals surface area (Å²) < 4.78 is 13.6. The summed E-state index contributed by atoms with van der Waals surface area (Å²) in [6.07, 6.45) is 5.25. The van der Waals surface area contributed by atoms with Gasteiger partial charge in [-0.05, 0) is 63.1 Å². The fourth-order valence-electron chi connectivity index (χ4n) is 4.30. The third-order valence-electron chi connectivity index (χ3n) is 6.01. The molecule has 0 saturated carbocycles. The molecule has 1 aliphatic rings. The lowest BCUT2D eigenvalue weighted by Crippen LogP contribution is -2.39. The van der Waals surface area contributed by atoms with Crippen LogP contribution in [-0.4, -0.2) is 48.1 Å². The van der Waals surface area contributed by atoms with Crippen molar-refractivity contribution in [3.05, 3.63) is 59.2 Å². The number of rotatable bonds is 8. The van der Waals surface area contributed by atoms with Crippen molar-refractivity contribution in [3.8, 4) is 11.5 Å². The monoisotopic (exact) mass is 440 g/mol. The average molecular weight is 441 g/mol. The highest BCUT2D eigenvalue weighted by Crippen LogP contribution is 2.28. The fourth-order valence-corrected chi connectivity index (χ4v) is 4.48. The number of hydrogen-bond donors (Lipinski definition) is 0. The predicted octanol–water partition coefficient (Wildman–Crippen LogP) is 5.44. The van der Waals surface area contributed by atoms with Crippen LogP contribution in [0, 0.1) is 0 Å². The Morgan fingerprint density at radius 3 is 2.61 bits per heavy atom. The van der Waals surface area contributed by atoms with E-state index in [2.05, 4.69) is 9.47 Å². The molecule has 0 amide bonds. The van der Waals surface area contributed by atoms with E-state index in [0.717, 1.165) is 73.4 Å². The molecule has 164 valence electrons. The first-order valence-electron chi connectivity index (χ1n) is 10.9. The number of para-hydroxylation sites is 1. The van der Waals surface area contributed by atoms with E-state index in [1.54, 1.807) is 14.0 Å². The normalized spacial score (nSPS) is 15.3. The largest absolute Gasteiger partial charge is 0.497 e. The third kappa shape index (κ3) is 5.05. The van der Waals surface area contributed by atoms with Gasteiger partial charge in [-0.3, -0.25) is 4.79 Å². The number of methoxy groups -OCH3 is 1. The van der Waals surface area contributed by atoms with Gasteiger partial charge >= 0.3 is 0 Å². The Labute approximate surface area is 188 Å². The Morgan fingerprint density at radius 1 is 1.13 bits per heavy atom. The molecule has 1 saturated heterocycles. The molecule has 4 rings (SSSR count). The van der Waals surface area contributed by atoms with Gasteiger partial charge in [-0.25, -0.2) is 0 Å². The lowest BCUT2D eigenvalue weighted by Gasteiger charge is -2.32. The molecule has 31 heavy (non-hydrogen) atoms. The molecule has 2 aromatic carbocycles. The van der Waals surface area contributed by atoms with Crippen LogP contribution in [0.15, 0.2) is 48.7 Å². The Kier molecular flexibility index (Phi) is 6.83. The van der Waals surface area contributed by atoms with Gasteiger partial charge in [0.15, 0.2) is 5.78 Å². The number of carbonyl (C=O) groups is 1. The number of nitrogens with zero attached hydrogens (tertiary/aromatic N) is 2. The van der Waals surface area contributed by atoms with E-state index in [9.17, 15) is 4.79 Å². The number of likely N-dealkylation sites (tertiary alicyclic amines) is 1. The second-order valence-corrected chi connectivity index (χ2v) is 8.53. The molecule has 3 aromatic rings. The first-order chi connectivity index (χ1) is 15.0. The van der Waals surface area contributed by atoms with Gasteiger partial charge < -0.3 is 18.9 Å². The van der Waals surface area contributed by atoms with Crippen molar-refractivity contribution < 1.29 is 14.3 Å². The second kappa shape index (κ2) is 9.75. The third-order valence-corrected chi connectivity index (χ3v) is 6.32. The van der Waals surface area contributed by atoms with Crippen LogP contribution in [0.2, 0.25) is 5.02 Å². The van der Waals surface area contributed by atoms with Gasteiger partial charge in [-0.2, -0.15) is 0 Å². The molecule has 0 N–H and O–H groups in total. The van der Waals surface area contributed by atoms with Gasteiger partial charge in [0.1, 0.15) is 17.6 Å². The predicted molar refractivity (Wildman–Crippen MR) is 125 cm³/mol.